The summed E-state index contributed by atoms with van der Waals surface area (Å²) in [7, 11) is 0. The van der Waals surface area contributed by atoms with E-state index in [9.17, 15) is 9.00 Å². The topological polar surface area (TPSA) is 77.8 Å². The van der Waals surface area contributed by atoms with Crippen LogP contribution in [0.25, 0.3) is 16.9 Å². The summed E-state index contributed by atoms with van der Waals surface area (Å²) in [6.45, 7) is 6.24. The normalized spacial score (nSPS) is 13.0. The Morgan fingerprint density at radius 2 is 1.74 bits per heavy atom. The number of benzene rings is 2. The zero-order chi connectivity index (χ0) is 22.4. The first-order valence-electron chi connectivity index (χ1n) is 10.2. The number of ether oxygens (including phenoxy) is 2. The van der Waals surface area contributed by atoms with Crippen molar-refractivity contribution >= 4 is 17.0 Å². The Morgan fingerprint density at radius 3 is 2.32 bits per heavy atom. The Kier molecular flexibility index (Phi) is 7.79. The molecule has 7 heteroatoms. The fourth-order valence-corrected chi connectivity index (χ4v) is 4.08. The van der Waals surface area contributed by atoms with Gasteiger partial charge in [-0.3, -0.25) is 0 Å². The van der Waals surface area contributed by atoms with Crippen LogP contribution in [-0.2, 0) is 31.1 Å². The lowest BCUT2D eigenvalue weighted by Gasteiger charge is -2.16. The molecule has 0 saturated heterocycles. The van der Waals surface area contributed by atoms with Crippen molar-refractivity contribution in [2.45, 2.75) is 32.6 Å². The van der Waals surface area contributed by atoms with E-state index in [0.29, 0.717) is 6.61 Å². The summed E-state index contributed by atoms with van der Waals surface area (Å²) in [5.74, 6) is -0.329. The molecule has 1 aromatic heterocycles. The molecule has 2 unspecified atom stereocenters. The quantitative estimate of drug-likeness (QED) is 0.381. The maximum absolute atomic E-state index is 12.6. The van der Waals surface area contributed by atoms with Gasteiger partial charge in [-0.15, -0.1) is 0 Å². The standard InChI is InChI=1S/C24H27NO5S/c1-4-29-23(24(26)30-5-2)21-15-22(19-13-11-18(12-14-19)16-31(27)28)25(17(21)3)20-9-7-6-8-10-20/h6-15,23H,4-5,16H2,1-3H3,(H,27,28). The van der Waals surface area contributed by atoms with Crippen LogP contribution in [0.5, 0.6) is 0 Å². The second kappa shape index (κ2) is 10.5. The molecule has 0 saturated carbocycles. The van der Waals surface area contributed by atoms with Crippen molar-refractivity contribution in [3.05, 3.63) is 77.5 Å². The van der Waals surface area contributed by atoms with Crippen molar-refractivity contribution in [3.8, 4) is 16.9 Å². The minimum absolute atomic E-state index is 0.0829. The lowest BCUT2D eigenvalue weighted by atomic mass is 10.1. The average Bonchev–Trinajstić information content (AvgIpc) is 3.09. The molecule has 31 heavy (non-hydrogen) atoms. The third kappa shape index (κ3) is 5.31. The van der Waals surface area contributed by atoms with E-state index in [-0.39, 0.29) is 12.4 Å². The first kappa shape index (κ1) is 22.9. The molecule has 6 nitrogen and oxygen atoms in total. The fourth-order valence-electron chi connectivity index (χ4n) is 3.60. The van der Waals surface area contributed by atoms with E-state index < -0.39 is 23.2 Å². The number of nitrogens with zero attached hydrogens (tertiary/aromatic N) is 1. The van der Waals surface area contributed by atoms with Gasteiger partial charge in [0.1, 0.15) is 0 Å². The van der Waals surface area contributed by atoms with Gasteiger partial charge >= 0.3 is 5.97 Å². The molecule has 2 atom stereocenters. The molecule has 0 radical (unpaired) electrons. The first-order chi connectivity index (χ1) is 15.0. The Hall–Kier alpha value is -2.74. The summed E-state index contributed by atoms with van der Waals surface area (Å²) in [6, 6.07) is 19.4. The maximum atomic E-state index is 12.6. The van der Waals surface area contributed by atoms with Gasteiger partial charge in [-0.1, -0.05) is 42.5 Å². The zero-order valence-electron chi connectivity index (χ0n) is 17.9. The van der Waals surface area contributed by atoms with Gasteiger partial charge in [-0.05, 0) is 50.1 Å². The van der Waals surface area contributed by atoms with Crippen LogP contribution in [0.4, 0.5) is 0 Å². The smallest absolute Gasteiger partial charge is 0.339 e. The number of para-hydroxylation sites is 1. The van der Waals surface area contributed by atoms with Crippen LogP contribution >= 0.6 is 0 Å². The molecule has 0 aliphatic carbocycles. The van der Waals surface area contributed by atoms with E-state index in [1.807, 2.05) is 74.5 Å². The van der Waals surface area contributed by atoms with Crippen molar-refractivity contribution in [2.24, 2.45) is 0 Å². The fraction of sp³-hybridized carbons (Fsp3) is 0.292. The summed E-state index contributed by atoms with van der Waals surface area (Å²) < 4.78 is 33.4. The molecule has 164 valence electrons. The van der Waals surface area contributed by atoms with Crippen LogP contribution in [0.3, 0.4) is 0 Å². The molecule has 0 spiro atoms. The minimum atomic E-state index is -1.89. The molecular weight excluding hydrogens is 414 g/mol. The summed E-state index contributed by atoms with van der Waals surface area (Å²) in [6.07, 6.45) is -0.815. The molecule has 0 aliphatic rings. The highest BCUT2D eigenvalue weighted by Gasteiger charge is 2.28. The number of hydrogen-bond donors (Lipinski definition) is 1. The summed E-state index contributed by atoms with van der Waals surface area (Å²) >= 11 is -1.89. The van der Waals surface area contributed by atoms with E-state index in [4.69, 9.17) is 14.0 Å². The Morgan fingerprint density at radius 1 is 1.06 bits per heavy atom. The highest BCUT2D eigenvalue weighted by Crippen LogP contribution is 2.34. The van der Waals surface area contributed by atoms with E-state index in [2.05, 4.69) is 4.57 Å². The Balaban J connectivity index is 2.14. The lowest BCUT2D eigenvalue weighted by molar-refractivity contribution is -0.157. The van der Waals surface area contributed by atoms with Gasteiger partial charge < -0.3 is 18.6 Å². The number of aromatic nitrogens is 1. The molecule has 0 amide bonds. The molecule has 2 aromatic carbocycles. The van der Waals surface area contributed by atoms with Crippen molar-refractivity contribution in [1.82, 2.24) is 4.57 Å². The van der Waals surface area contributed by atoms with Crippen LogP contribution in [0.2, 0.25) is 0 Å². The van der Waals surface area contributed by atoms with Crippen LogP contribution in [-0.4, -0.2) is 32.5 Å². The van der Waals surface area contributed by atoms with E-state index in [0.717, 1.165) is 33.8 Å². The SMILES string of the molecule is CCOC(=O)C(OCC)c1cc(-c2ccc(CS(=O)O)cc2)n(-c2ccccc2)c1C. The van der Waals surface area contributed by atoms with Crippen LogP contribution in [0, 0.1) is 6.92 Å². The van der Waals surface area contributed by atoms with Gasteiger partial charge in [0.25, 0.3) is 0 Å². The van der Waals surface area contributed by atoms with Gasteiger partial charge in [0, 0.05) is 23.6 Å². The predicted molar refractivity (Wildman–Crippen MR) is 121 cm³/mol. The van der Waals surface area contributed by atoms with Gasteiger partial charge in [0.2, 0.25) is 0 Å². The van der Waals surface area contributed by atoms with Crippen LogP contribution < -0.4 is 0 Å². The Bertz CT molecular complexity index is 1040. The Labute approximate surface area is 185 Å². The van der Waals surface area contributed by atoms with Gasteiger partial charge in [0.05, 0.1) is 18.1 Å². The highest BCUT2D eigenvalue weighted by molar-refractivity contribution is 7.78. The number of carbonyl (C=O) groups excluding carboxylic acids is 1. The summed E-state index contributed by atoms with van der Waals surface area (Å²) in [5, 5.41) is 0. The lowest BCUT2D eigenvalue weighted by Crippen LogP contribution is -2.19. The molecule has 1 heterocycles. The van der Waals surface area contributed by atoms with Crippen LogP contribution in [0.1, 0.15) is 36.8 Å². The van der Waals surface area contributed by atoms with Crippen molar-refractivity contribution in [3.63, 3.8) is 0 Å². The van der Waals surface area contributed by atoms with Gasteiger partial charge in [-0.2, -0.15) is 0 Å². The van der Waals surface area contributed by atoms with Crippen molar-refractivity contribution in [1.29, 1.82) is 0 Å². The van der Waals surface area contributed by atoms with Gasteiger partial charge in [-0.25, -0.2) is 9.00 Å². The molecular formula is C24H27NO5S. The van der Waals surface area contributed by atoms with E-state index >= 15 is 0 Å². The van der Waals surface area contributed by atoms with Gasteiger partial charge in [0.15, 0.2) is 17.2 Å². The molecule has 3 aromatic rings. The molecule has 0 fully saturated rings. The highest BCUT2D eigenvalue weighted by atomic mass is 32.2. The molecule has 1 N–H and O–H groups in total. The summed E-state index contributed by atoms with van der Waals surface area (Å²) in [4.78, 5) is 12.6. The van der Waals surface area contributed by atoms with Crippen molar-refractivity contribution in [2.75, 3.05) is 13.2 Å². The monoisotopic (exact) mass is 441 g/mol. The van der Waals surface area contributed by atoms with E-state index in [1.54, 1.807) is 6.92 Å². The van der Waals surface area contributed by atoms with E-state index in [1.165, 1.54) is 0 Å². The number of esters is 1. The maximum Gasteiger partial charge on any atom is 0.339 e. The zero-order valence-corrected chi connectivity index (χ0v) is 18.7. The molecule has 0 bridgehead atoms. The van der Waals surface area contributed by atoms with Crippen molar-refractivity contribution < 1.29 is 23.0 Å². The third-order valence-electron chi connectivity index (χ3n) is 4.96. The molecule has 0 aliphatic heterocycles. The second-order valence-corrected chi connectivity index (χ2v) is 7.92. The summed E-state index contributed by atoms with van der Waals surface area (Å²) in [5.41, 5.74) is 5.18. The number of carbonyl (C=O) groups is 1. The minimum Gasteiger partial charge on any atom is -0.464 e. The largest absolute Gasteiger partial charge is 0.464 e. The molecule has 3 rings (SSSR count). The van der Waals surface area contributed by atoms with Crippen LogP contribution in [0.15, 0.2) is 60.7 Å². The number of rotatable bonds is 9. The predicted octanol–water partition coefficient (Wildman–Crippen LogP) is 4.82. The number of hydrogen-bond acceptors (Lipinski definition) is 4. The average molecular weight is 442 g/mol. The first-order valence-corrected chi connectivity index (χ1v) is 11.5. The third-order valence-corrected chi connectivity index (χ3v) is 5.54. The second-order valence-electron chi connectivity index (χ2n) is 6.99.